The van der Waals surface area contributed by atoms with Crippen LogP contribution in [-0.4, -0.2) is 24.7 Å². The van der Waals surface area contributed by atoms with E-state index in [2.05, 4.69) is 6.92 Å². The maximum Gasteiger partial charge on any atom is 0.371 e. The van der Waals surface area contributed by atoms with E-state index in [0.717, 1.165) is 19.3 Å². The minimum absolute atomic E-state index is 0.216. The Morgan fingerprint density at radius 1 is 1.42 bits per heavy atom. The molecule has 1 N–H and O–H groups in total. The Morgan fingerprint density at radius 2 is 2.16 bits per heavy atom. The fraction of sp³-hybridized carbons (Fsp3) is 0.615. The molecule has 1 aliphatic rings. The van der Waals surface area contributed by atoms with Crippen LogP contribution >= 0.6 is 0 Å². The van der Waals surface area contributed by atoms with Crippen LogP contribution in [0.4, 0.5) is 0 Å². The third kappa shape index (κ3) is 2.83. The molecule has 0 bridgehead atoms. The summed E-state index contributed by atoms with van der Waals surface area (Å²) in [6.45, 7) is 2.06. The Kier molecular flexibility index (Phi) is 3.99. The average Bonchev–Trinajstić information content (AvgIpc) is 2.89. The van der Waals surface area contributed by atoms with Crippen molar-refractivity contribution < 1.29 is 22.7 Å². The largest absolute Gasteiger partial charge is 0.475 e. The van der Waals surface area contributed by atoms with E-state index in [1.54, 1.807) is 0 Å². The van der Waals surface area contributed by atoms with Crippen molar-refractivity contribution in [3.8, 4) is 0 Å². The molecule has 1 heterocycles. The topological polar surface area (TPSA) is 84.6 Å². The van der Waals surface area contributed by atoms with E-state index in [1.165, 1.54) is 12.1 Å². The molecule has 1 aromatic heterocycles. The monoisotopic (exact) mass is 286 g/mol. The van der Waals surface area contributed by atoms with E-state index in [9.17, 15) is 13.2 Å². The number of carboxylic acid groups (broad SMARTS) is 1. The Labute approximate surface area is 112 Å². The number of hydrogen-bond acceptors (Lipinski definition) is 4. The van der Waals surface area contributed by atoms with Crippen LogP contribution in [0.2, 0.25) is 0 Å². The van der Waals surface area contributed by atoms with Crippen molar-refractivity contribution in [1.29, 1.82) is 0 Å². The van der Waals surface area contributed by atoms with Crippen LogP contribution < -0.4 is 0 Å². The minimum Gasteiger partial charge on any atom is -0.475 e. The molecule has 1 aromatic rings. The van der Waals surface area contributed by atoms with Gasteiger partial charge in [-0.15, -0.1) is 0 Å². The molecule has 2 unspecified atom stereocenters. The van der Waals surface area contributed by atoms with Gasteiger partial charge in [-0.1, -0.05) is 26.2 Å². The van der Waals surface area contributed by atoms with E-state index >= 15 is 0 Å². The summed E-state index contributed by atoms with van der Waals surface area (Å²) in [5.74, 6) is -1.15. The van der Waals surface area contributed by atoms with Crippen LogP contribution in [0.15, 0.2) is 21.6 Å². The number of aromatic carboxylic acids is 1. The molecule has 1 aliphatic carbocycles. The molecule has 19 heavy (non-hydrogen) atoms. The lowest BCUT2D eigenvalue weighted by Crippen LogP contribution is -2.28. The van der Waals surface area contributed by atoms with E-state index in [1.807, 2.05) is 0 Å². The highest BCUT2D eigenvalue weighted by molar-refractivity contribution is 7.91. The number of rotatable bonds is 4. The smallest absolute Gasteiger partial charge is 0.371 e. The second kappa shape index (κ2) is 5.36. The summed E-state index contributed by atoms with van der Waals surface area (Å²) < 4.78 is 29.7. The van der Waals surface area contributed by atoms with Gasteiger partial charge < -0.3 is 9.52 Å². The van der Waals surface area contributed by atoms with Gasteiger partial charge in [0.1, 0.15) is 0 Å². The highest BCUT2D eigenvalue weighted by Gasteiger charge is 2.34. The first-order valence-electron chi connectivity index (χ1n) is 6.52. The van der Waals surface area contributed by atoms with E-state index < -0.39 is 21.1 Å². The number of carbonyl (C=O) groups is 1. The zero-order valence-electron chi connectivity index (χ0n) is 10.8. The molecular weight excluding hydrogens is 268 g/mol. The maximum atomic E-state index is 12.4. The predicted octanol–water partition coefficient (Wildman–Crippen LogP) is 2.72. The summed E-state index contributed by atoms with van der Waals surface area (Å²) >= 11 is 0. The summed E-state index contributed by atoms with van der Waals surface area (Å²) in [5, 5.41) is 8.10. The van der Waals surface area contributed by atoms with Gasteiger partial charge in [-0.3, -0.25) is 0 Å². The van der Waals surface area contributed by atoms with Crippen molar-refractivity contribution >= 4 is 15.8 Å². The second-order valence-electron chi connectivity index (χ2n) is 5.03. The SMILES string of the molecule is CCC1CCCC(S(=O)(=O)c2ccc(C(=O)O)o2)C1. The first-order valence-corrected chi connectivity index (χ1v) is 8.06. The number of hydrogen-bond donors (Lipinski definition) is 1. The van der Waals surface area contributed by atoms with Crippen molar-refractivity contribution in [2.75, 3.05) is 0 Å². The summed E-state index contributed by atoms with van der Waals surface area (Å²) in [6, 6.07) is 2.43. The van der Waals surface area contributed by atoms with E-state index in [4.69, 9.17) is 9.52 Å². The number of furan rings is 1. The van der Waals surface area contributed by atoms with Crippen molar-refractivity contribution in [3.63, 3.8) is 0 Å². The number of carboxylic acids is 1. The van der Waals surface area contributed by atoms with Crippen molar-refractivity contribution in [2.45, 2.75) is 49.4 Å². The summed E-state index contributed by atoms with van der Waals surface area (Å²) in [5.41, 5.74) is 0. The minimum atomic E-state index is -3.55. The van der Waals surface area contributed by atoms with Gasteiger partial charge in [0.15, 0.2) is 0 Å². The molecule has 1 fully saturated rings. The van der Waals surface area contributed by atoms with Crippen molar-refractivity contribution in [3.05, 3.63) is 17.9 Å². The molecule has 1 saturated carbocycles. The average molecular weight is 286 g/mol. The van der Waals surface area contributed by atoms with Gasteiger partial charge >= 0.3 is 5.97 Å². The van der Waals surface area contributed by atoms with Gasteiger partial charge in [-0.05, 0) is 30.9 Å². The normalized spacial score (nSPS) is 24.3. The molecule has 6 heteroatoms. The third-order valence-corrected chi connectivity index (χ3v) is 5.91. The third-order valence-electron chi connectivity index (χ3n) is 3.82. The molecular formula is C13H18O5S. The first kappa shape index (κ1) is 14.1. The lowest BCUT2D eigenvalue weighted by Gasteiger charge is -2.27. The van der Waals surface area contributed by atoms with Crippen molar-refractivity contribution in [2.24, 2.45) is 5.92 Å². The first-order chi connectivity index (χ1) is 8.95. The summed E-state index contributed by atoms with van der Waals surface area (Å²) in [6.07, 6.45) is 4.21. The molecule has 0 saturated heterocycles. The molecule has 106 valence electrons. The zero-order chi connectivity index (χ0) is 14.0. The predicted molar refractivity (Wildman–Crippen MR) is 68.9 cm³/mol. The van der Waals surface area contributed by atoms with Crippen LogP contribution in [0.5, 0.6) is 0 Å². The quantitative estimate of drug-likeness (QED) is 0.919. The Bertz CT molecular complexity index is 557. The maximum absolute atomic E-state index is 12.4. The van der Waals surface area contributed by atoms with Crippen LogP contribution in [0.1, 0.15) is 49.6 Å². The molecule has 0 radical (unpaired) electrons. The molecule has 0 amide bonds. The molecule has 0 spiro atoms. The molecule has 2 rings (SSSR count). The van der Waals surface area contributed by atoms with Gasteiger partial charge in [0.25, 0.3) is 0 Å². The summed E-state index contributed by atoms with van der Waals surface area (Å²) in [7, 11) is -3.55. The van der Waals surface area contributed by atoms with E-state index in [-0.39, 0.29) is 10.9 Å². The Morgan fingerprint density at radius 3 is 2.74 bits per heavy atom. The highest BCUT2D eigenvalue weighted by atomic mass is 32.2. The lowest BCUT2D eigenvalue weighted by molar-refractivity contribution is 0.0656. The van der Waals surface area contributed by atoms with Gasteiger partial charge in [-0.2, -0.15) is 0 Å². The van der Waals surface area contributed by atoms with Gasteiger partial charge in [-0.25, -0.2) is 13.2 Å². The Hall–Kier alpha value is -1.30. The lowest BCUT2D eigenvalue weighted by atomic mass is 9.87. The second-order valence-corrected chi connectivity index (χ2v) is 7.19. The van der Waals surface area contributed by atoms with Crippen LogP contribution in [0, 0.1) is 5.92 Å². The van der Waals surface area contributed by atoms with Crippen LogP contribution in [-0.2, 0) is 9.84 Å². The fourth-order valence-electron chi connectivity index (χ4n) is 2.65. The van der Waals surface area contributed by atoms with Gasteiger partial charge in [0, 0.05) is 0 Å². The highest BCUT2D eigenvalue weighted by Crippen LogP contribution is 2.34. The molecule has 2 atom stereocenters. The van der Waals surface area contributed by atoms with Crippen LogP contribution in [0.25, 0.3) is 0 Å². The summed E-state index contributed by atoms with van der Waals surface area (Å²) in [4.78, 5) is 10.7. The molecule has 0 aliphatic heterocycles. The zero-order valence-corrected chi connectivity index (χ0v) is 11.6. The van der Waals surface area contributed by atoms with E-state index in [0.29, 0.717) is 18.8 Å². The number of sulfone groups is 1. The molecule has 5 nitrogen and oxygen atoms in total. The molecule has 0 aromatic carbocycles. The van der Waals surface area contributed by atoms with Crippen molar-refractivity contribution in [1.82, 2.24) is 0 Å². The van der Waals surface area contributed by atoms with Crippen LogP contribution in [0.3, 0.4) is 0 Å². The van der Waals surface area contributed by atoms with Gasteiger partial charge in [0.2, 0.25) is 20.7 Å². The van der Waals surface area contributed by atoms with Gasteiger partial charge in [0.05, 0.1) is 5.25 Å². The fourth-order valence-corrected chi connectivity index (χ4v) is 4.44. The Balaban J connectivity index is 2.23. The standard InChI is InChI=1S/C13H18O5S/c1-2-9-4-3-5-10(8-9)19(16,17)12-7-6-11(18-12)13(14)15/h6-7,9-10H,2-5,8H2,1H3,(H,14,15).